The first-order chi connectivity index (χ1) is 13.3. The van der Waals surface area contributed by atoms with Crippen LogP contribution in [0.2, 0.25) is 10.0 Å². The van der Waals surface area contributed by atoms with E-state index in [1.165, 1.54) is 26.2 Å². The molecule has 0 heterocycles. The molecule has 0 aliphatic heterocycles. The average molecular weight is 425 g/mol. The second kappa shape index (κ2) is 9.96. The van der Waals surface area contributed by atoms with E-state index < -0.39 is 23.9 Å². The highest BCUT2D eigenvalue weighted by molar-refractivity contribution is 6.35. The number of anilines is 1. The van der Waals surface area contributed by atoms with Gasteiger partial charge in [-0.1, -0.05) is 23.2 Å². The van der Waals surface area contributed by atoms with E-state index >= 15 is 0 Å². The Morgan fingerprint density at radius 3 is 2.39 bits per heavy atom. The maximum absolute atomic E-state index is 12.1. The second-order valence-electron chi connectivity index (χ2n) is 5.66. The molecule has 2 rings (SSSR count). The highest BCUT2D eigenvalue weighted by Crippen LogP contribution is 2.25. The smallest absolute Gasteiger partial charge is 0.326 e. The van der Waals surface area contributed by atoms with Gasteiger partial charge in [0.25, 0.3) is 11.8 Å². The van der Waals surface area contributed by atoms with Crippen molar-refractivity contribution >= 4 is 46.7 Å². The molecule has 2 amide bonds. The van der Waals surface area contributed by atoms with Crippen LogP contribution in [-0.4, -0.2) is 37.5 Å². The summed E-state index contributed by atoms with van der Waals surface area (Å²) in [4.78, 5) is 36.0. The van der Waals surface area contributed by atoms with E-state index in [4.69, 9.17) is 32.7 Å². The van der Waals surface area contributed by atoms with Crippen LogP contribution < -0.4 is 15.4 Å². The zero-order chi connectivity index (χ0) is 20.7. The van der Waals surface area contributed by atoms with Crippen molar-refractivity contribution in [1.29, 1.82) is 0 Å². The molecule has 0 bridgehead atoms. The minimum atomic E-state index is -1.10. The Hall–Kier alpha value is -2.77. The van der Waals surface area contributed by atoms with Crippen LogP contribution in [0.3, 0.4) is 0 Å². The van der Waals surface area contributed by atoms with Crippen LogP contribution in [0.4, 0.5) is 5.69 Å². The van der Waals surface area contributed by atoms with Gasteiger partial charge < -0.3 is 20.1 Å². The first-order valence-electron chi connectivity index (χ1n) is 8.18. The summed E-state index contributed by atoms with van der Waals surface area (Å²) < 4.78 is 10.0. The number of carbonyl (C=O) groups excluding carboxylic acids is 3. The van der Waals surface area contributed by atoms with E-state index in [-0.39, 0.29) is 6.54 Å². The Balaban J connectivity index is 1.83. The lowest BCUT2D eigenvalue weighted by Gasteiger charge is -2.14. The van der Waals surface area contributed by atoms with E-state index in [2.05, 4.69) is 10.6 Å². The monoisotopic (exact) mass is 424 g/mol. The molecule has 0 radical (unpaired) electrons. The number of benzene rings is 2. The van der Waals surface area contributed by atoms with Crippen LogP contribution in [0.5, 0.6) is 5.75 Å². The number of rotatable bonds is 7. The SMILES string of the molecule is COc1ccc(C(=O)NCC(=O)OC(C)C(=O)Nc2cc(Cl)ccc2Cl)cc1. The predicted molar refractivity (Wildman–Crippen MR) is 106 cm³/mol. The lowest BCUT2D eigenvalue weighted by atomic mass is 10.2. The van der Waals surface area contributed by atoms with Crippen LogP contribution in [0.25, 0.3) is 0 Å². The summed E-state index contributed by atoms with van der Waals surface area (Å²) in [6, 6.07) is 11.0. The minimum Gasteiger partial charge on any atom is -0.497 e. The molecule has 0 saturated heterocycles. The molecule has 28 heavy (non-hydrogen) atoms. The number of methoxy groups -OCH3 is 1. The summed E-state index contributed by atoms with van der Waals surface area (Å²) in [5.74, 6) is -1.20. The second-order valence-corrected chi connectivity index (χ2v) is 6.50. The van der Waals surface area contributed by atoms with E-state index in [1.54, 1.807) is 30.3 Å². The van der Waals surface area contributed by atoms with Crippen molar-refractivity contribution in [1.82, 2.24) is 5.32 Å². The molecule has 1 atom stereocenters. The number of amides is 2. The normalized spacial score (nSPS) is 11.3. The molecule has 0 aromatic heterocycles. The van der Waals surface area contributed by atoms with Gasteiger partial charge in [0.1, 0.15) is 12.3 Å². The molecule has 2 aromatic carbocycles. The standard InChI is InChI=1S/C19H18Cl2N2O5/c1-11(18(25)23-16-9-13(20)5-8-15(16)21)28-17(24)10-22-19(26)12-3-6-14(27-2)7-4-12/h3-9,11H,10H2,1-2H3,(H,22,26)(H,23,25). The first kappa shape index (κ1) is 21.5. The zero-order valence-corrected chi connectivity index (χ0v) is 16.6. The Morgan fingerprint density at radius 2 is 1.75 bits per heavy atom. The molecule has 0 aliphatic carbocycles. The van der Waals surface area contributed by atoms with Crippen molar-refractivity contribution in [2.45, 2.75) is 13.0 Å². The maximum atomic E-state index is 12.1. The zero-order valence-electron chi connectivity index (χ0n) is 15.1. The van der Waals surface area contributed by atoms with E-state index in [9.17, 15) is 14.4 Å². The number of ether oxygens (including phenoxy) is 2. The van der Waals surface area contributed by atoms with Crippen LogP contribution in [0.15, 0.2) is 42.5 Å². The molecular formula is C19H18Cl2N2O5. The fourth-order valence-corrected chi connectivity index (χ4v) is 2.45. The molecule has 0 aliphatic rings. The molecular weight excluding hydrogens is 407 g/mol. The Morgan fingerprint density at radius 1 is 1.07 bits per heavy atom. The number of carbonyl (C=O) groups is 3. The summed E-state index contributed by atoms with van der Waals surface area (Å²) in [6.07, 6.45) is -1.10. The lowest BCUT2D eigenvalue weighted by molar-refractivity contribution is -0.152. The maximum Gasteiger partial charge on any atom is 0.326 e. The summed E-state index contributed by atoms with van der Waals surface area (Å²) in [5, 5.41) is 5.64. The number of nitrogens with one attached hydrogen (secondary N) is 2. The van der Waals surface area contributed by atoms with Gasteiger partial charge in [-0.05, 0) is 49.4 Å². The minimum absolute atomic E-state index is 0.294. The van der Waals surface area contributed by atoms with Gasteiger partial charge in [0.2, 0.25) is 0 Å². The highest BCUT2D eigenvalue weighted by Gasteiger charge is 2.19. The van der Waals surface area contributed by atoms with Crippen molar-refractivity contribution in [3.63, 3.8) is 0 Å². The van der Waals surface area contributed by atoms with Gasteiger partial charge in [-0.15, -0.1) is 0 Å². The molecule has 2 aromatic rings. The molecule has 2 N–H and O–H groups in total. The first-order valence-corrected chi connectivity index (χ1v) is 8.93. The van der Waals surface area contributed by atoms with Crippen molar-refractivity contribution < 1.29 is 23.9 Å². The summed E-state index contributed by atoms with van der Waals surface area (Å²) in [5.41, 5.74) is 0.657. The number of esters is 1. The molecule has 0 saturated carbocycles. The van der Waals surface area contributed by atoms with Crippen LogP contribution in [-0.2, 0) is 14.3 Å². The van der Waals surface area contributed by atoms with E-state index in [0.717, 1.165) is 0 Å². The van der Waals surface area contributed by atoms with Crippen LogP contribution >= 0.6 is 23.2 Å². The van der Waals surface area contributed by atoms with Crippen LogP contribution in [0.1, 0.15) is 17.3 Å². The van der Waals surface area contributed by atoms with Gasteiger partial charge in [-0.3, -0.25) is 14.4 Å². The molecule has 0 spiro atoms. The molecule has 1 unspecified atom stereocenters. The van der Waals surface area contributed by atoms with Crippen LogP contribution in [0, 0.1) is 0 Å². The third kappa shape index (κ3) is 6.14. The summed E-state index contributed by atoms with van der Waals surface area (Å²) in [6.45, 7) is 1.01. The third-order valence-corrected chi connectivity index (χ3v) is 4.17. The fourth-order valence-electron chi connectivity index (χ4n) is 2.12. The molecule has 148 valence electrons. The molecule has 0 fully saturated rings. The third-order valence-electron chi connectivity index (χ3n) is 3.61. The fraction of sp³-hybridized carbons (Fsp3) is 0.211. The van der Waals surface area contributed by atoms with Gasteiger partial charge in [0.05, 0.1) is 17.8 Å². The van der Waals surface area contributed by atoms with Gasteiger partial charge in [-0.2, -0.15) is 0 Å². The predicted octanol–water partition coefficient (Wildman–Crippen LogP) is 3.30. The van der Waals surface area contributed by atoms with Crippen molar-refractivity contribution in [2.24, 2.45) is 0 Å². The molecule has 9 heteroatoms. The number of hydrogen-bond acceptors (Lipinski definition) is 5. The van der Waals surface area contributed by atoms with Gasteiger partial charge in [0, 0.05) is 10.6 Å². The van der Waals surface area contributed by atoms with Crippen molar-refractivity contribution in [3.05, 3.63) is 58.1 Å². The van der Waals surface area contributed by atoms with E-state index in [0.29, 0.717) is 27.0 Å². The van der Waals surface area contributed by atoms with Gasteiger partial charge >= 0.3 is 5.97 Å². The largest absolute Gasteiger partial charge is 0.497 e. The van der Waals surface area contributed by atoms with Crippen molar-refractivity contribution in [3.8, 4) is 5.75 Å². The lowest BCUT2D eigenvalue weighted by Crippen LogP contribution is -2.35. The average Bonchev–Trinajstić information content (AvgIpc) is 2.68. The van der Waals surface area contributed by atoms with E-state index in [1.807, 2.05) is 0 Å². The van der Waals surface area contributed by atoms with Gasteiger partial charge in [-0.25, -0.2) is 0 Å². The Bertz CT molecular complexity index is 871. The molecule has 7 nitrogen and oxygen atoms in total. The topological polar surface area (TPSA) is 93.7 Å². The summed E-state index contributed by atoms with van der Waals surface area (Å²) in [7, 11) is 1.52. The Labute approximate surface area is 171 Å². The van der Waals surface area contributed by atoms with Gasteiger partial charge in [0.15, 0.2) is 6.10 Å². The van der Waals surface area contributed by atoms with Crippen molar-refractivity contribution in [2.75, 3.05) is 19.0 Å². The number of hydrogen-bond donors (Lipinski definition) is 2. The highest BCUT2D eigenvalue weighted by atomic mass is 35.5. The quantitative estimate of drug-likeness (QED) is 0.664. The summed E-state index contributed by atoms with van der Waals surface area (Å²) >= 11 is 11.8. The number of halogens is 2. The Kier molecular flexibility index (Phi) is 7.66.